The highest BCUT2D eigenvalue weighted by atomic mass is 32.2. The molecule has 0 spiro atoms. The van der Waals surface area contributed by atoms with E-state index >= 15 is 0 Å². The summed E-state index contributed by atoms with van der Waals surface area (Å²) >= 11 is 0. The lowest BCUT2D eigenvalue weighted by Gasteiger charge is -2.23. The zero-order valence-electron chi connectivity index (χ0n) is 17.8. The first-order valence-corrected chi connectivity index (χ1v) is 10.7. The number of aromatic carboxylic acids is 1. The summed E-state index contributed by atoms with van der Waals surface area (Å²) in [4.78, 5) is 33.7. The minimum atomic E-state index is -5.24. The molecule has 0 aliphatic heterocycles. The Morgan fingerprint density at radius 2 is 1.36 bits per heavy atom. The van der Waals surface area contributed by atoms with Crippen molar-refractivity contribution >= 4 is 44.9 Å². The van der Waals surface area contributed by atoms with Gasteiger partial charge in [-0.05, 0) is 61.7 Å². The molecule has 2 aromatic carbocycles. The predicted octanol–water partition coefficient (Wildman–Crippen LogP) is 3.57. The third kappa shape index (κ3) is 5.61. The number of carbonyl (C=O) groups is 3. The number of amides is 2. The average molecular weight is 487 g/mol. The summed E-state index contributed by atoms with van der Waals surface area (Å²) in [6.45, 7) is 5.02. The number of hydrogen-bond donors (Lipinski definition) is 4. The number of hydrogen-bond acceptors (Lipinski definition) is 5. The molecule has 13 heteroatoms. The first kappa shape index (κ1) is 25.6. The van der Waals surface area contributed by atoms with Gasteiger partial charge in [0, 0.05) is 12.6 Å². The van der Waals surface area contributed by atoms with Crippen molar-refractivity contribution in [3.63, 3.8) is 0 Å². The van der Waals surface area contributed by atoms with Crippen LogP contribution in [0.1, 0.15) is 34.0 Å². The smallest absolute Gasteiger partial charge is 0.471 e. The largest absolute Gasteiger partial charge is 0.478 e. The normalized spacial score (nSPS) is 11.6. The van der Waals surface area contributed by atoms with Crippen molar-refractivity contribution < 1.29 is 41.1 Å². The van der Waals surface area contributed by atoms with E-state index in [4.69, 9.17) is 5.11 Å². The van der Waals surface area contributed by atoms with Crippen LogP contribution in [0.3, 0.4) is 0 Å². The molecular formula is C20H20F3N3O6S. The van der Waals surface area contributed by atoms with Crippen LogP contribution in [0, 0.1) is 20.8 Å². The highest BCUT2D eigenvalue weighted by molar-refractivity contribution is 7.92. The van der Waals surface area contributed by atoms with E-state index < -0.39 is 44.6 Å². The van der Waals surface area contributed by atoms with Gasteiger partial charge in [-0.3, -0.25) is 14.3 Å². The fourth-order valence-electron chi connectivity index (χ4n) is 3.22. The molecule has 9 nitrogen and oxygen atoms in total. The van der Waals surface area contributed by atoms with Gasteiger partial charge in [-0.25, -0.2) is 13.2 Å². The van der Waals surface area contributed by atoms with Gasteiger partial charge >= 0.3 is 18.1 Å². The maximum Gasteiger partial charge on any atom is 0.471 e. The Bertz CT molecular complexity index is 1240. The summed E-state index contributed by atoms with van der Waals surface area (Å²) in [5.41, 5.74) is -0.735. The van der Waals surface area contributed by atoms with Crippen LogP contribution >= 0.6 is 0 Å². The van der Waals surface area contributed by atoms with Gasteiger partial charge in [0.25, 0.3) is 10.0 Å². The van der Waals surface area contributed by atoms with E-state index in [1.165, 1.54) is 32.9 Å². The number of alkyl halides is 3. The fourth-order valence-corrected chi connectivity index (χ4v) is 4.78. The Labute approximate surface area is 187 Å². The van der Waals surface area contributed by atoms with Crippen LogP contribution < -0.4 is 15.4 Å². The molecule has 0 unspecified atom stereocenters. The molecule has 33 heavy (non-hydrogen) atoms. The quantitative estimate of drug-likeness (QED) is 0.491. The zero-order chi connectivity index (χ0) is 25.3. The van der Waals surface area contributed by atoms with E-state index in [0.29, 0.717) is 0 Å². The summed E-state index contributed by atoms with van der Waals surface area (Å²) < 4.78 is 67.1. The maximum absolute atomic E-state index is 13.2. The molecule has 2 amide bonds. The van der Waals surface area contributed by atoms with Crippen molar-refractivity contribution in [2.45, 2.75) is 38.8 Å². The SMILES string of the molecule is CC(=O)Nc1c(C)c(NC(=O)C(F)(F)F)c(C)c(S(=O)(=O)Nc2ccc(C(=O)O)cc2)c1C. The molecule has 0 fully saturated rings. The monoisotopic (exact) mass is 487 g/mol. The molecule has 2 rings (SSSR count). The number of nitrogens with one attached hydrogen (secondary N) is 3. The Hall–Kier alpha value is -3.61. The molecule has 0 heterocycles. The van der Waals surface area contributed by atoms with Crippen molar-refractivity contribution in [3.8, 4) is 0 Å². The van der Waals surface area contributed by atoms with Crippen molar-refractivity contribution in [1.82, 2.24) is 0 Å². The van der Waals surface area contributed by atoms with Crippen LogP contribution in [-0.2, 0) is 19.6 Å². The molecule has 0 aromatic heterocycles. The number of anilines is 3. The molecule has 4 N–H and O–H groups in total. The average Bonchev–Trinajstić information content (AvgIpc) is 2.67. The summed E-state index contributed by atoms with van der Waals surface area (Å²) in [5, 5.41) is 13.0. The number of benzene rings is 2. The fraction of sp³-hybridized carbons (Fsp3) is 0.250. The van der Waals surface area contributed by atoms with Gasteiger partial charge in [0.2, 0.25) is 5.91 Å². The number of sulfonamides is 1. The molecule has 0 aliphatic carbocycles. The lowest BCUT2D eigenvalue weighted by molar-refractivity contribution is -0.167. The lowest BCUT2D eigenvalue weighted by atomic mass is 10.0. The van der Waals surface area contributed by atoms with Crippen LogP contribution in [0.5, 0.6) is 0 Å². The molecule has 0 radical (unpaired) electrons. The predicted molar refractivity (Wildman–Crippen MR) is 114 cm³/mol. The van der Waals surface area contributed by atoms with Gasteiger partial charge in [-0.2, -0.15) is 13.2 Å². The Morgan fingerprint density at radius 3 is 1.79 bits per heavy atom. The maximum atomic E-state index is 13.2. The second kappa shape index (κ2) is 9.10. The molecule has 0 aliphatic rings. The number of rotatable bonds is 6. The van der Waals surface area contributed by atoms with Gasteiger partial charge < -0.3 is 15.7 Å². The van der Waals surface area contributed by atoms with Crippen molar-refractivity contribution in [1.29, 1.82) is 0 Å². The minimum absolute atomic E-state index is 0.0127. The minimum Gasteiger partial charge on any atom is -0.478 e. The molecule has 0 saturated carbocycles. The number of halogens is 3. The van der Waals surface area contributed by atoms with Crippen molar-refractivity contribution in [2.75, 3.05) is 15.4 Å². The molecular weight excluding hydrogens is 467 g/mol. The standard InChI is InChI=1S/C20H20F3N3O6S/c1-9-15(24-12(4)27)10(2)17(11(3)16(9)25-19(30)20(21,22)23)33(31,32)26-14-7-5-13(6-8-14)18(28)29/h5-8,26H,1-4H3,(H,24,27)(H,25,30)(H,28,29). The van der Waals surface area contributed by atoms with Crippen LogP contribution in [0.15, 0.2) is 29.2 Å². The number of carboxylic acids is 1. The van der Waals surface area contributed by atoms with E-state index in [1.807, 2.05) is 0 Å². The number of carboxylic acid groups (broad SMARTS) is 1. The third-order valence-electron chi connectivity index (χ3n) is 4.63. The first-order chi connectivity index (χ1) is 15.1. The van der Waals surface area contributed by atoms with Crippen LogP contribution in [0.2, 0.25) is 0 Å². The summed E-state index contributed by atoms with van der Waals surface area (Å²) in [6.07, 6.45) is -5.24. The second-order valence-electron chi connectivity index (χ2n) is 7.08. The molecule has 2 aromatic rings. The zero-order valence-corrected chi connectivity index (χ0v) is 18.7. The van der Waals surface area contributed by atoms with Gasteiger partial charge in [0.1, 0.15) is 0 Å². The Balaban J connectivity index is 2.68. The van der Waals surface area contributed by atoms with Gasteiger partial charge in [0.05, 0.1) is 21.8 Å². The van der Waals surface area contributed by atoms with Gasteiger partial charge in [-0.1, -0.05) is 0 Å². The van der Waals surface area contributed by atoms with Crippen LogP contribution in [0.25, 0.3) is 0 Å². The van der Waals surface area contributed by atoms with Crippen LogP contribution in [-0.4, -0.2) is 37.5 Å². The Kier molecular flexibility index (Phi) is 7.07. The third-order valence-corrected chi connectivity index (χ3v) is 6.29. The summed E-state index contributed by atoms with van der Waals surface area (Å²) in [6, 6.07) is 4.71. The molecule has 178 valence electrons. The second-order valence-corrected chi connectivity index (χ2v) is 8.69. The van der Waals surface area contributed by atoms with E-state index in [-0.39, 0.29) is 33.6 Å². The highest BCUT2D eigenvalue weighted by Gasteiger charge is 2.40. The molecule has 0 saturated heterocycles. The Morgan fingerprint density at radius 1 is 0.879 bits per heavy atom. The number of carbonyl (C=O) groups excluding carboxylic acids is 2. The van der Waals surface area contributed by atoms with E-state index in [9.17, 15) is 36.0 Å². The first-order valence-electron chi connectivity index (χ1n) is 9.22. The highest BCUT2D eigenvalue weighted by Crippen LogP contribution is 2.38. The lowest BCUT2D eigenvalue weighted by Crippen LogP contribution is -2.31. The molecule has 0 atom stereocenters. The van der Waals surface area contributed by atoms with E-state index in [2.05, 4.69) is 10.0 Å². The summed E-state index contributed by atoms with van der Waals surface area (Å²) in [7, 11) is -4.46. The van der Waals surface area contributed by atoms with Gasteiger partial charge in [0.15, 0.2) is 0 Å². The summed E-state index contributed by atoms with van der Waals surface area (Å²) in [5.74, 6) is -4.15. The van der Waals surface area contributed by atoms with Gasteiger partial charge in [-0.15, -0.1) is 0 Å². The molecule has 0 bridgehead atoms. The van der Waals surface area contributed by atoms with E-state index in [1.54, 1.807) is 5.32 Å². The van der Waals surface area contributed by atoms with Crippen molar-refractivity contribution in [2.24, 2.45) is 0 Å². The van der Waals surface area contributed by atoms with Crippen LogP contribution in [0.4, 0.5) is 30.2 Å². The van der Waals surface area contributed by atoms with E-state index in [0.717, 1.165) is 19.1 Å². The topological polar surface area (TPSA) is 142 Å². The van der Waals surface area contributed by atoms with Crippen molar-refractivity contribution in [3.05, 3.63) is 46.5 Å².